The summed E-state index contributed by atoms with van der Waals surface area (Å²) >= 11 is 1.64. The van der Waals surface area contributed by atoms with Crippen LogP contribution in [0.4, 0.5) is 11.4 Å². The van der Waals surface area contributed by atoms with E-state index in [-0.39, 0.29) is 24.5 Å². The van der Waals surface area contributed by atoms with Gasteiger partial charge in [-0.3, -0.25) is 14.3 Å². The van der Waals surface area contributed by atoms with Crippen molar-refractivity contribution in [3.8, 4) is 0 Å². The van der Waals surface area contributed by atoms with Crippen LogP contribution in [0.3, 0.4) is 0 Å². The number of morpholine rings is 1. The van der Waals surface area contributed by atoms with Gasteiger partial charge in [0.15, 0.2) is 0 Å². The lowest BCUT2D eigenvalue weighted by atomic mass is 10.1. The zero-order chi connectivity index (χ0) is 19.2. The Hall–Kier alpha value is -2.36. The molecule has 8 nitrogen and oxygen atoms in total. The van der Waals surface area contributed by atoms with E-state index in [9.17, 15) is 9.59 Å². The molecule has 0 radical (unpaired) electrons. The quantitative estimate of drug-likeness (QED) is 0.649. The van der Waals surface area contributed by atoms with E-state index in [1.54, 1.807) is 18.0 Å². The summed E-state index contributed by atoms with van der Waals surface area (Å²) in [6.07, 6.45) is 4.95. The van der Waals surface area contributed by atoms with Crippen LogP contribution in [0.2, 0.25) is 0 Å². The molecule has 144 valence electrons. The number of benzene rings is 1. The van der Waals surface area contributed by atoms with Crippen molar-refractivity contribution in [3.05, 3.63) is 36.7 Å². The predicted octanol–water partition coefficient (Wildman–Crippen LogP) is 1.56. The molecule has 2 amide bonds. The molecule has 2 heterocycles. The maximum Gasteiger partial charge on any atom is 0.246 e. The first kappa shape index (κ1) is 19.4. The number of aromatic nitrogens is 2. The molecular formula is C18H23N5O3S. The summed E-state index contributed by atoms with van der Waals surface area (Å²) in [6.45, 7) is 3.15. The molecule has 0 spiro atoms. The molecule has 1 fully saturated rings. The molecule has 1 aromatic carbocycles. The molecule has 2 aromatic rings. The molecule has 0 bridgehead atoms. The van der Waals surface area contributed by atoms with Crippen molar-refractivity contribution in [2.24, 2.45) is 0 Å². The predicted molar refractivity (Wildman–Crippen MR) is 105 cm³/mol. The second-order valence-corrected chi connectivity index (χ2v) is 7.08. The van der Waals surface area contributed by atoms with Gasteiger partial charge in [0.25, 0.3) is 0 Å². The normalized spacial score (nSPS) is 19.5. The summed E-state index contributed by atoms with van der Waals surface area (Å²) in [5.41, 5.74) is 1.27. The van der Waals surface area contributed by atoms with Crippen LogP contribution in [0.15, 0.2) is 41.6 Å². The van der Waals surface area contributed by atoms with Gasteiger partial charge in [-0.15, -0.1) is 11.8 Å². The summed E-state index contributed by atoms with van der Waals surface area (Å²) in [4.78, 5) is 25.6. The van der Waals surface area contributed by atoms with Crippen molar-refractivity contribution < 1.29 is 14.3 Å². The lowest BCUT2D eigenvalue weighted by molar-refractivity contribution is -0.123. The second-order valence-electron chi connectivity index (χ2n) is 6.20. The number of thioether (sulfide) groups is 1. The number of carbonyl (C=O) groups excluding carboxylic acids is 2. The Bertz CT molecular complexity index is 793. The molecule has 0 unspecified atom stereocenters. The topological polar surface area (TPSA) is 97.3 Å². The molecule has 1 saturated heterocycles. The van der Waals surface area contributed by atoms with Gasteiger partial charge in [-0.1, -0.05) is 0 Å². The van der Waals surface area contributed by atoms with Crippen LogP contribution in [0.5, 0.6) is 0 Å². The molecule has 2 atom stereocenters. The summed E-state index contributed by atoms with van der Waals surface area (Å²) in [5, 5.41) is 12.9. The molecule has 3 rings (SSSR count). The smallest absolute Gasteiger partial charge is 0.246 e. The summed E-state index contributed by atoms with van der Waals surface area (Å²) in [6, 6.07) is 7.21. The van der Waals surface area contributed by atoms with Gasteiger partial charge in [0.2, 0.25) is 11.8 Å². The lowest BCUT2D eigenvalue weighted by Crippen LogP contribution is -2.53. The summed E-state index contributed by atoms with van der Waals surface area (Å²) in [5.74, 6) is -0.371. The maximum atomic E-state index is 12.3. The van der Waals surface area contributed by atoms with Gasteiger partial charge < -0.3 is 20.7 Å². The van der Waals surface area contributed by atoms with E-state index in [2.05, 4.69) is 21.0 Å². The summed E-state index contributed by atoms with van der Waals surface area (Å²) in [7, 11) is 0. The highest BCUT2D eigenvalue weighted by Gasteiger charge is 2.28. The number of carbonyl (C=O) groups is 2. The number of nitrogens with zero attached hydrogens (tertiary/aromatic N) is 2. The van der Waals surface area contributed by atoms with E-state index < -0.39 is 6.04 Å². The number of hydrogen-bond acceptors (Lipinski definition) is 6. The fraction of sp³-hybridized carbons (Fsp3) is 0.389. The first-order chi connectivity index (χ1) is 13.0. The van der Waals surface area contributed by atoms with Crippen LogP contribution in [0.1, 0.15) is 6.92 Å². The van der Waals surface area contributed by atoms with Crippen molar-refractivity contribution in [2.45, 2.75) is 30.5 Å². The highest BCUT2D eigenvalue weighted by Crippen LogP contribution is 2.17. The molecule has 1 aliphatic rings. The highest BCUT2D eigenvalue weighted by atomic mass is 32.2. The van der Waals surface area contributed by atoms with Crippen molar-refractivity contribution >= 4 is 35.0 Å². The van der Waals surface area contributed by atoms with E-state index in [0.29, 0.717) is 18.8 Å². The SMILES string of the molecule is CSc1ccc(NC(=O)Cn2cc(NC(=O)[C@H]3NCCO[C@@H]3C)cn2)cc1. The Morgan fingerprint density at radius 1 is 1.30 bits per heavy atom. The zero-order valence-electron chi connectivity index (χ0n) is 15.3. The Kier molecular flexibility index (Phi) is 6.49. The molecule has 0 aliphatic carbocycles. The maximum absolute atomic E-state index is 12.3. The van der Waals surface area contributed by atoms with Gasteiger partial charge in [0.05, 0.1) is 24.6 Å². The van der Waals surface area contributed by atoms with E-state index in [1.165, 1.54) is 10.9 Å². The minimum absolute atomic E-state index is 0.0569. The van der Waals surface area contributed by atoms with E-state index >= 15 is 0 Å². The number of hydrogen-bond donors (Lipinski definition) is 3. The first-order valence-corrected chi connectivity index (χ1v) is 9.90. The molecule has 9 heteroatoms. The highest BCUT2D eigenvalue weighted by molar-refractivity contribution is 7.98. The van der Waals surface area contributed by atoms with Crippen LogP contribution in [-0.4, -0.2) is 53.1 Å². The largest absolute Gasteiger partial charge is 0.375 e. The third-order valence-electron chi connectivity index (χ3n) is 4.18. The van der Waals surface area contributed by atoms with Crippen LogP contribution in [0, 0.1) is 0 Å². The van der Waals surface area contributed by atoms with Crippen molar-refractivity contribution in [1.29, 1.82) is 0 Å². The van der Waals surface area contributed by atoms with Crippen molar-refractivity contribution in [3.63, 3.8) is 0 Å². The third kappa shape index (κ3) is 5.31. The van der Waals surface area contributed by atoms with Gasteiger partial charge in [-0.05, 0) is 37.4 Å². The number of ether oxygens (including phenoxy) is 1. The fourth-order valence-electron chi connectivity index (χ4n) is 2.78. The molecule has 0 saturated carbocycles. The average Bonchev–Trinajstić information content (AvgIpc) is 3.09. The minimum atomic E-state index is -0.408. The van der Waals surface area contributed by atoms with E-state index in [0.717, 1.165) is 10.6 Å². The Labute approximate surface area is 162 Å². The molecule has 3 N–H and O–H groups in total. The van der Waals surface area contributed by atoms with Gasteiger partial charge in [-0.25, -0.2) is 0 Å². The fourth-order valence-corrected chi connectivity index (χ4v) is 3.19. The molecule has 1 aliphatic heterocycles. The number of amides is 2. The van der Waals surface area contributed by atoms with Crippen molar-refractivity contribution in [2.75, 3.05) is 30.0 Å². The Balaban J connectivity index is 1.52. The molecule has 27 heavy (non-hydrogen) atoms. The number of anilines is 2. The van der Waals surface area contributed by atoms with Gasteiger partial charge in [-0.2, -0.15) is 5.10 Å². The average molecular weight is 389 g/mol. The third-order valence-corrected chi connectivity index (χ3v) is 4.92. The standard InChI is InChI=1S/C18H23N5O3S/c1-12-17(19-7-8-26-12)18(25)22-14-9-20-23(10-14)11-16(24)21-13-3-5-15(27-2)6-4-13/h3-6,9-10,12,17,19H,7-8,11H2,1-2H3,(H,21,24)(H,22,25)/t12-,17+/m1/s1. The molecule has 1 aromatic heterocycles. The first-order valence-electron chi connectivity index (χ1n) is 8.67. The van der Waals surface area contributed by atoms with Crippen LogP contribution >= 0.6 is 11.8 Å². The number of rotatable bonds is 6. The van der Waals surface area contributed by atoms with Crippen LogP contribution in [-0.2, 0) is 20.9 Å². The van der Waals surface area contributed by atoms with Crippen molar-refractivity contribution in [1.82, 2.24) is 15.1 Å². The Morgan fingerprint density at radius 3 is 2.78 bits per heavy atom. The minimum Gasteiger partial charge on any atom is -0.375 e. The van der Waals surface area contributed by atoms with Gasteiger partial charge >= 0.3 is 0 Å². The van der Waals surface area contributed by atoms with Gasteiger partial charge in [0.1, 0.15) is 12.6 Å². The van der Waals surface area contributed by atoms with E-state index in [4.69, 9.17) is 4.74 Å². The van der Waals surface area contributed by atoms with Gasteiger partial charge in [0, 0.05) is 23.3 Å². The molecular weight excluding hydrogens is 366 g/mol. The van der Waals surface area contributed by atoms with Crippen LogP contribution in [0.25, 0.3) is 0 Å². The summed E-state index contributed by atoms with van der Waals surface area (Å²) < 4.78 is 6.96. The second kappa shape index (κ2) is 9.03. The zero-order valence-corrected chi connectivity index (χ0v) is 16.1. The number of nitrogens with one attached hydrogen (secondary N) is 3. The van der Waals surface area contributed by atoms with E-state index in [1.807, 2.05) is 37.4 Å². The monoisotopic (exact) mass is 389 g/mol. The Morgan fingerprint density at radius 2 is 2.07 bits per heavy atom. The lowest BCUT2D eigenvalue weighted by Gasteiger charge is -2.29. The van der Waals surface area contributed by atoms with Crippen LogP contribution < -0.4 is 16.0 Å².